The first kappa shape index (κ1) is 27.6. The lowest BCUT2D eigenvalue weighted by Gasteiger charge is -2.44. The van der Waals surface area contributed by atoms with Gasteiger partial charge in [-0.1, -0.05) is 69.7 Å². The van der Waals surface area contributed by atoms with Crippen molar-refractivity contribution in [1.29, 1.82) is 0 Å². The zero-order valence-corrected chi connectivity index (χ0v) is 22.1. The summed E-state index contributed by atoms with van der Waals surface area (Å²) in [5.74, 6) is -0.225. The number of alkyl halides is 3. The number of benzene rings is 3. The van der Waals surface area contributed by atoms with Crippen LogP contribution < -0.4 is 10.1 Å². The summed E-state index contributed by atoms with van der Waals surface area (Å²) in [6.45, 7) is 6.34. The fourth-order valence-corrected chi connectivity index (χ4v) is 5.41. The number of hydrogen-bond donors (Lipinski definition) is 1. The summed E-state index contributed by atoms with van der Waals surface area (Å²) in [6.07, 6.45) is -2.35. The van der Waals surface area contributed by atoms with Crippen LogP contribution in [0.4, 0.5) is 18.9 Å². The van der Waals surface area contributed by atoms with Gasteiger partial charge in [0.05, 0.1) is 13.2 Å². The molecular weight excluding hydrogens is 491 g/mol. The number of methoxy groups -OCH3 is 1. The predicted molar refractivity (Wildman–Crippen MR) is 144 cm³/mol. The zero-order valence-electron chi connectivity index (χ0n) is 22.1. The number of rotatable bonds is 7. The van der Waals surface area contributed by atoms with E-state index in [9.17, 15) is 18.0 Å². The van der Waals surface area contributed by atoms with Crippen LogP contribution in [0.3, 0.4) is 0 Å². The van der Waals surface area contributed by atoms with E-state index in [0.29, 0.717) is 24.2 Å². The second kappa shape index (κ2) is 11.1. The maximum Gasteiger partial charge on any atom is 0.431 e. The number of hydrogen-bond acceptors (Lipinski definition) is 4. The van der Waals surface area contributed by atoms with Crippen LogP contribution in [0.15, 0.2) is 78.5 Å². The molecule has 0 aromatic heterocycles. The van der Waals surface area contributed by atoms with Crippen molar-refractivity contribution in [2.75, 3.05) is 12.4 Å². The minimum absolute atomic E-state index is 0.0407. The number of fused-ring (bicyclic) bond motifs is 1. The van der Waals surface area contributed by atoms with Crippen LogP contribution in [-0.2, 0) is 14.9 Å². The molecule has 1 fully saturated rings. The van der Waals surface area contributed by atoms with Crippen molar-refractivity contribution in [2.45, 2.75) is 57.7 Å². The van der Waals surface area contributed by atoms with Crippen molar-refractivity contribution >= 4 is 22.4 Å². The first-order valence-electron chi connectivity index (χ1n) is 12.9. The molecule has 202 valence electrons. The zero-order chi connectivity index (χ0) is 27.5. The lowest BCUT2D eigenvalue weighted by Crippen LogP contribution is -2.43. The molecule has 3 aromatic rings. The van der Waals surface area contributed by atoms with Gasteiger partial charge >= 0.3 is 12.1 Å². The first-order chi connectivity index (χ1) is 18.0. The molecule has 0 unspecified atom stereocenters. The van der Waals surface area contributed by atoms with Crippen molar-refractivity contribution in [3.05, 3.63) is 84.1 Å². The Hall–Kier alpha value is -3.48. The number of esters is 1. The van der Waals surface area contributed by atoms with Crippen LogP contribution >= 0.6 is 0 Å². The number of anilines is 1. The summed E-state index contributed by atoms with van der Waals surface area (Å²) in [5, 5.41) is 4.57. The molecule has 3 atom stereocenters. The molecule has 0 spiro atoms. The molecule has 4 rings (SSSR count). The Morgan fingerprint density at radius 3 is 2.32 bits per heavy atom. The highest BCUT2D eigenvalue weighted by atomic mass is 19.4. The van der Waals surface area contributed by atoms with E-state index in [1.165, 1.54) is 31.4 Å². The van der Waals surface area contributed by atoms with Gasteiger partial charge in [0.15, 0.2) is 0 Å². The predicted octanol–water partition coefficient (Wildman–Crippen LogP) is 8.03. The Bertz CT molecular complexity index is 1300. The standard InChI is InChI=1S/C31H34F3NO3/c1-20-9-16-26(30(2,3)23-11-10-21-7-5-6-8-22(21)18-23)27(17-20)38-29(36)19-28(31(32,33)34)35-24-12-14-25(37-4)15-13-24/h5-8,10-15,18-20,26-27,35H,9,16-17H2,1-4H3/b28-19-/t20-,26-,27-/m1/s1. The average Bonchev–Trinajstić information content (AvgIpc) is 2.87. The number of nitrogens with one attached hydrogen (secondary N) is 1. The van der Waals surface area contributed by atoms with E-state index in [1.54, 1.807) is 0 Å². The molecule has 0 heterocycles. The summed E-state index contributed by atoms with van der Waals surface area (Å²) in [7, 11) is 1.47. The topological polar surface area (TPSA) is 47.6 Å². The summed E-state index contributed by atoms with van der Waals surface area (Å²) in [4.78, 5) is 12.9. The van der Waals surface area contributed by atoms with E-state index in [-0.39, 0.29) is 17.0 Å². The fourth-order valence-electron chi connectivity index (χ4n) is 5.41. The molecule has 0 radical (unpaired) electrons. The SMILES string of the molecule is COc1ccc(N/C(=C\C(=O)O[C@@H]2C[C@H](C)CC[C@H]2C(C)(C)c2ccc3ccccc3c2)C(F)(F)F)cc1. The van der Waals surface area contributed by atoms with Crippen molar-refractivity contribution < 1.29 is 27.4 Å². The van der Waals surface area contributed by atoms with Crippen molar-refractivity contribution in [2.24, 2.45) is 11.8 Å². The normalized spacial score (nSPS) is 20.7. The van der Waals surface area contributed by atoms with Crippen LogP contribution in [0.5, 0.6) is 5.75 Å². The molecule has 38 heavy (non-hydrogen) atoms. The molecule has 0 aliphatic heterocycles. The van der Waals surface area contributed by atoms with Crippen LogP contribution in [0.25, 0.3) is 10.8 Å². The smallest absolute Gasteiger partial charge is 0.431 e. The van der Waals surface area contributed by atoms with Crippen LogP contribution in [-0.4, -0.2) is 25.4 Å². The van der Waals surface area contributed by atoms with E-state index in [4.69, 9.17) is 9.47 Å². The van der Waals surface area contributed by atoms with Gasteiger partial charge < -0.3 is 14.8 Å². The summed E-state index contributed by atoms with van der Waals surface area (Å²) in [5.41, 5.74) is -0.234. The number of halogens is 3. The molecule has 0 saturated heterocycles. The van der Waals surface area contributed by atoms with Crippen LogP contribution in [0.2, 0.25) is 0 Å². The molecule has 3 aromatic carbocycles. The van der Waals surface area contributed by atoms with Gasteiger partial charge in [-0.2, -0.15) is 13.2 Å². The Morgan fingerprint density at radius 2 is 1.66 bits per heavy atom. The average molecular weight is 526 g/mol. The summed E-state index contributed by atoms with van der Waals surface area (Å²) >= 11 is 0. The summed E-state index contributed by atoms with van der Waals surface area (Å²) < 4.78 is 52.3. The molecule has 0 bridgehead atoms. The minimum Gasteiger partial charge on any atom is -0.497 e. The van der Waals surface area contributed by atoms with E-state index in [2.05, 4.69) is 56.4 Å². The first-order valence-corrected chi connectivity index (χ1v) is 12.9. The van der Waals surface area contributed by atoms with Crippen molar-refractivity contribution in [3.8, 4) is 5.75 Å². The van der Waals surface area contributed by atoms with E-state index in [1.807, 2.05) is 12.1 Å². The van der Waals surface area contributed by atoms with Gasteiger partial charge in [-0.15, -0.1) is 0 Å². The molecular formula is C31H34F3NO3. The van der Waals surface area contributed by atoms with Crippen molar-refractivity contribution in [1.82, 2.24) is 0 Å². The highest BCUT2D eigenvalue weighted by Gasteiger charge is 2.42. The lowest BCUT2D eigenvalue weighted by molar-refractivity contribution is -0.151. The molecule has 1 aliphatic rings. The maximum atomic E-state index is 13.8. The molecule has 4 nitrogen and oxygen atoms in total. The molecule has 1 aliphatic carbocycles. The van der Waals surface area contributed by atoms with Crippen molar-refractivity contribution in [3.63, 3.8) is 0 Å². The quantitative estimate of drug-likeness (QED) is 0.251. The molecule has 7 heteroatoms. The second-order valence-electron chi connectivity index (χ2n) is 10.7. The third kappa shape index (κ3) is 6.32. The highest BCUT2D eigenvalue weighted by Crippen LogP contribution is 2.44. The van der Waals surface area contributed by atoms with Gasteiger partial charge in [0.2, 0.25) is 0 Å². The van der Waals surface area contributed by atoms with E-state index < -0.39 is 23.9 Å². The number of carbonyl (C=O) groups excluding carboxylic acids is 1. The lowest BCUT2D eigenvalue weighted by atomic mass is 9.64. The Labute approximate surface area is 221 Å². The Kier molecular flexibility index (Phi) is 8.05. The molecule has 0 amide bonds. The van der Waals surface area contributed by atoms with E-state index >= 15 is 0 Å². The maximum absolute atomic E-state index is 13.8. The number of carbonyl (C=O) groups is 1. The van der Waals surface area contributed by atoms with Gasteiger partial charge in [-0.05, 0) is 64.8 Å². The monoisotopic (exact) mass is 525 g/mol. The Balaban J connectivity index is 1.57. The van der Waals surface area contributed by atoms with Gasteiger partial charge in [0.25, 0.3) is 0 Å². The Morgan fingerprint density at radius 1 is 0.974 bits per heavy atom. The van der Waals surface area contributed by atoms with Gasteiger partial charge in [0, 0.05) is 11.6 Å². The van der Waals surface area contributed by atoms with Gasteiger partial charge in [-0.3, -0.25) is 0 Å². The fraction of sp³-hybridized carbons (Fsp3) is 0.387. The molecule has 1 saturated carbocycles. The number of ether oxygens (including phenoxy) is 2. The van der Waals surface area contributed by atoms with Crippen LogP contribution in [0, 0.1) is 11.8 Å². The van der Waals surface area contributed by atoms with Gasteiger partial charge in [0.1, 0.15) is 17.6 Å². The van der Waals surface area contributed by atoms with Crippen LogP contribution in [0.1, 0.15) is 45.6 Å². The third-order valence-electron chi connectivity index (χ3n) is 7.68. The van der Waals surface area contributed by atoms with Gasteiger partial charge in [-0.25, -0.2) is 4.79 Å². The summed E-state index contributed by atoms with van der Waals surface area (Å²) in [6, 6.07) is 20.4. The second-order valence-corrected chi connectivity index (χ2v) is 10.7. The highest BCUT2D eigenvalue weighted by molar-refractivity contribution is 5.84. The van der Waals surface area contributed by atoms with E-state index in [0.717, 1.165) is 29.2 Å². The minimum atomic E-state index is -4.76. The largest absolute Gasteiger partial charge is 0.497 e. The molecule has 1 N–H and O–H groups in total. The third-order valence-corrected chi connectivity index (χ3v) is 7.68. The number of allylic oxidation sites excluding steroid dienone is 1.